The van der Waals surface area contributed by atoms with Gasteiger partial charge in [0.05, 0.1) is 42.0 Å². The number of unbranched alkanes of at least 4 members (excludes halogenated alkanes) is 2. The number of carbonyl (C=O) groups is 4. The van der Waals surface area contributed by atoms with Crippen LogP contribution in [0.25, 0.3) is 30.7 Å². The molecule has 2 aliphatic heterocycles. The molecule has 0 saturated carbocycles. The van der Waals surface area contributed by atoms with E-state index in [0.717, 1.165) is 78.9 Å². The number of carbonyl (C=O) groups excluding carboxylic acids is 4. The van der Waals surface area contributed by atoms with E-state index in [1.54, 1.807) is 0 Å². The van der Waals surface area contributed by atoms with E-state index in [9.17, 15) is 19.2 Å². The van der Waals surface area contributed by atoms with Crippen LogP contribution in [-0.2, 0) is 9.59 Å². The van der Waals surface area contributed by atoms with Crippen LogP contribution in [0.15, 0.2) is 36.4 Å². The number of fused-ring (bicyclic) bond motifs is 2. The molecule has 4 aromatic rings. The molecule has 40 heavy (non-hydrogen) atoms. The van der Waals surface area contributed by atoms with E-state index in [2.05, 4.69) is 13.8 Å². The fourth-order valence-corrected chi connectivity index (χ4v) is 9.28. The zero-order chi connectivity index (χ0) is 28.0. The van der Waals surface area contributed by atoms with E-state index in [1.807, 2.05) is 46.2 Å². The van der Waals surface area contributed by atoms with Crippen molar-refractivity contribution in [3.63, 3.8) is 0 Å². The van der Waals surface area contributed by atoms with Gasteiger partial charge in [0.2, 0.25) is 0 Å². The van der Waals surface area contributed by atoms with Gasteiger partial charge < -0.3 is 9.80 Å². The van der Waals surface area contributed by atoms with Gasteiger partial charge >= 0.3 is 0 Å². The lowest BCUT2D eigenvalue weighted by Crippen LogP contribution is -2.30. The Kier molecular flexibility index (Phi) is 7.43. The van der Waals surface area contributed by atoms with E-state index in [4.69, 9.17) is 0 Å². The van der Waals surface area contributed by atoms with Crippen molar-refractivity contribution in [2.75, 3.05) is 22.9 Å². The molecule has 2 aliphatic rings. The molecule has 0 atom stereocenters. The fraction of sp³-hybridized carbons (Fsp3) is 0.267. The molecule has 0 aromatic carbocycles. The lowest BCUT2D eigenvalue weighted by molar-refractivity contribution is -0.114. The van der Waals surface area contributed by atoms with Crippen molar-refractivity contribution in [2.45, 2.75) is 39.5 Å². The minimum atomic E-state index is -0.123. The molecule has 204 valence electrons. The number of anilines is 2. The molecule has 6 heterocycles. The second-order valence-electron chi connectivity index (χ2n) is 9.66. The van der Waals surface area contributed by atoms with Gasteiger partial charge in [0, 0.05) is 32.6 Å². The van der Waals surface area contributed by atoms with Crippen LogP contribution in [0.2, 0.25) is 0 Å². The second-order valence-corrected chi connectivity index (χ2v) is 14.0. The van der Waals surface area contributed by atoms with Crippen molar-refractivity contribution in [1.82, 2.24) is 0 Å². The highest BCUT2D eigenvalue weighted by atomic mass is 32.1. The number of nitrogens with zero attached hydrogens (tertiary/aromatic N) is 2. The maximum atomic E-state index is 14.0. The molecule has 0 radical (unpaired) electrons. The molecule has 0 spiro atoms. The third kappa shape index (κ3) is 4.43. The average molecular weight is 607 g/mol. The smallest absolute Gasteiger partial charge is 0.260 e. The standard InChI is InChI=1S/C30H26N2O4S4/c1-3-5-11-31-19-13-23(21-9-7-17(15-33)37-21)39-27(19)25(29(31)35)26-28-20(32(30(26)36)12-6-4-2)14-24(40-28)22-10-8-18(16-34)38-22/h7-10,13-16H,3-6,11-12H2,1-2H3/b26-25-. The van der Waals surface area contributed by atoms with E-state index < -0.39 is 0 Å². The van der Waals surface area contributed by atoms with Gasteiger partial charge in [0.1, 0.15) is 0 Å². The van der Waals surface area contributed by atoms with Crippen molar-refractivity contribution in [2.24, 2.45) is 0 Å². The molecule has 0 bridgehead atoms. The van der Waals surface area contributed by atoms with Crippen LogP contribution in [0.3, 0.4) is 0 Å². The van der Waals surface area contributed by atoms with Gasteiger partial charge in [-0.25, -0.2) is 0 Å². The lowest BCUT2D eigenvalue weighted by atomic mass is 10.1. The van der Waals surface area contributed by atoms with Crippen molar-refractivity contribution in [3.05, 3.63) is 55.9 Å². The molecule has 0 unspecified atom stereocenters. The average Bonchev–Trinajstić information content (AvgIpc) is 3.79. The summed E-state index contributed by atoms with van der Waals surface area (Å²) in [6.45, 7) is 5.36. The molecule has 0 aliphatic carbocycles. The fourth-order valence-electron chi connectivity index (χ4n) is 5.06. The van der Waals surface area contributed by atoms with Crippen LogP contribution in [0, 0.1) is 0 Å². The summed E-state index contributed by atoms with van der Waals surface area (Å²) in [6.07, 6.45) is 5.31. The normalized spacial score (nSPS) is 16.2. The van der Waals surface area contributed by atoms with E-state index in [1.165, 1.54) is 45.3 Å². The van der Waals surface area contributed by atoms with Crippen molar-refractivity contribution >= 4 is 92.3 Å². The Morgan fingerprint density at radius 2 is 1.05 bits per heavy atom. The molecule has 0 saturated heterocycles. The quantitative estimate of drug-likeness (QED) is 0.135. The van der Waals surface area contributed by atoms with Gasteiger partial charge in [0.25, 0.3) is 11.8 Å². The Hall–Kier alpha value is -3.18. The molecule has 6 nitrogen and oxygen atoms in total. The van der Waals surface area contributed by atoms with Crippen molar-refractivity contribution in [1.29, 1.82) is 0 Å². The number of hydrogen-bond donors (Lipinski definition) is 0. The molecular formula is C30H26N2O4S4. The molecular weight excluding hydrogens is 581 g/mol. The molecule has 10 heteroatoms. The van der Waals surface area contributed by atoms with Gasteiger partial charge in [-0.15, -0.1) is 45.3 Å². The SMILES string of the molecule is CCCCN1C(=O)/C(=C2\C(=O)N(CCCC)c3cc(-c4ccc(C=O)s4)sc32)c2sc(-c3ccc(C=O)s3)cc21. The summed E-state index contributed by atoms with van der Waals surface area (Å²) in [4.78, 5) is 61.2. The number of hydrogen-bond acceptors (Lipinski definition) is 8. The van der Waals surface area contributed by atoms with Gasteiger partial charge in [-0.05, 0) is 49.2 Å². The highest BCUT2D eigenvalue weighted by Crippen LogP contribution is 2.54. The molecule has 2 amide bonds. The monoisotopic (exact) mass is 606 g/mol. The number of amides is 2. The summed E-state index contributed by atoms with van der Waals surface area (Å²) >= 11 is 5.87. The molecule has 4 aromatic heterocycles. The Morgan fingerprint density at radius 1 is 0.625 bits per heavy atom. The Morgan fingerprint density at radius 3 is 1.40 bits per heavy atom. The molecule has 0 fully saturated rings. The van der Waals surface area contributed by atoms with Crippen LogP contribution in [0.4, 0.5) is 11.4 Å². The first-order chi connectivity index (χ1) is 19.5. The Bertz CT molecular complexity index is 1560. The summed E-state index contributed by atoms with van der Waals surface area (Å²) in [7, 11) is 0. The van der Waals surface area contributed by atoms with E-state index in [-0.39, 0.29) is 11.8 Å². The summed E-state index contributed by atoms with van der Waals surface area (Å²) in [5.41, 5.74) is 2.64. The Balaban J connectivity index is 1.53. The van der Waals surface area contributed by atoms with E-state index >= 15 is 0 Å². The van der Waals surface area contributed by atoms with Gasteiger partial charge in [-0.3, -0.25) is 19.2 Å². The third-order valence-electron chi connectivity index (χ3n) is 7.07. The van der Waals surface area contributed by atoms with Gasteiger partial charge in [-0.1, -0.05) is 26.7 Å². The summed E-state index contributed by atoms with van der Waals surface area (Å²) in [6, 6.07) is 11.6. The minimum absolute atomic E-state index is 0.123. The predicted octanol–water partition coefficient (Wildman–Crippen LogP) is 8.10. The first-order valence-corrected chi connectivity index (χ1v) is 16.5. The third-order valence-corrected chi connectivity index (χ3v) is 11.8. The number of thiophene rings is 4. The van der Waals surface area contributed by atoms with Crippen LogP contribution in [-0.4, -0.2) is 37.5 Å². The molecule has 6 rings (SSSR count). The van der Waals surface area contributed by atoms with Crippen LogP contribution < -0.4 is 9.80 Å². The second kappa shape index (κ2) is 11.0. The summed E-state index contributed by atoms with van der Waals surface area (Å²) in [5.74, 6) is -0.246. The topological polar surface area (TPSA) is 74.8 Å². The summed E-state index contributed by atoms with van der Waals surface area (Å²) < 4.78 is 0. The minimum Gasteiger partial charge on any atom is -0.307 e. The zero-order valence-corrected chi connectivity index (χ0v) is 25.3. The zero-order valence-electron chi connectivity index (χ0n) is 22.0. The first-order valence-electron chi connectivity index (χ1n) is 13.3. The van der Waals surface area contributed by atoms with Crippen LogP contribution >= 0.6 is 45.3 Å². The number of aldehydes is 2. The first kappa shape index (κ1) is 27.0. The van der Waals surface area contributed by atoms with Gasteiger partial charge in [0.15, 0.2) is 12.6 Å². The lowest BCUT2D eigenvalue weighted by Gasteiger charge is -2.17. The van der Waals surface area contributed by atoms with Crippen LogP contribution in [0.5, 0.6) is 0 Å². The largest absolute Gasteiger partial charge is 0.307 e. The predicted molar refractivity (Wildman–Crippen MR) is 167 cm³/mol. The van der Waals surface area contributed by atoms with Gasteiger partial charge in [-0.2, -0.15) is 0 Å². The van der Waals surface area contributed by atoms with Crippen LogP contribution in [0.1, 0.15) is 68.6 Å². The molecule has 0 N–H and O–H groups in total. The number of rotatable bonds is 10. The highest BCUT2D eigenvalue weighted by Gasteiger charge is 2.44. The van der Waals surface area contributed by atoms with Crippen molar-refractivity contribution in [3.8, 4) is 19.5 Å². The summed E-state index contributed by atoms with van der Waals surface area (Å²) in [5, 5.41) is 0. The van der Waals surface area contributed by atoms with Crippen molar-refractivity contribution < 1.29 is 19.2 Å². The Labute approximate surface area is 248 Å². The maximum absolute atomic E-state index is 14.0. The van der Waals surface area contributed by atoms with E-state index in [0.29, 0.717) is 34.0 Å². The highest BCUT2D eigenvalue weighted by molar-refractivity contribution is 7.25. The maximum Gasteiger partial charge on any atom is 0.260 e.